The van der Waals surface area contributed by atoms with E-state index < -0.39 is 11.4 Å². The first-order valence-corrected chi connectivity index (χ1v) is 13.3. The number of hydrogen-bond acceptors (Lipinski definition) is 7. The third-order valence-corrected chi connectivity index (χ3v) is 7.43. The topological polar surface area (TPSA) is 110 Å². The molecule has 2 N–H and O–H groups in total. The minimum absolute atomic E-state index is 0.146. The summed E-state index contributed by atoms with van der Waals surface area (Å²) in [7, 11) is 1.74. The highest BCUT2D eigenvalue weighted by Crippen LogP contribution is 2.29. The van der Waals surface area contributed by atoms with Gasteiger partial charge in [-0.25, -0.2) is 9.78 Å². The highest BCUT2D eigenvalue weighted by molar-refractivity contribution is 5.92. The predicted octanol–water partition coefficient (Wildman–Crippen LogP) is 4.61. The van der Waals surface area contributed by atoms with Crippen LogP contribution in [0.25, 0.3) is 16.7 Å². The number of nitrogens with zero attached hydrogens (tertiary/aromatic N) is 4. The molecule has 9 nitrogen and oxygen atoms in total. The van der Waals surface area contributed by atoms with Gasteiger partial charge in [-0.2, -0.15) is 4.98 Å². The van der Waals surface area contributed by atoms with Gasteiger partial charge < -0.3 is 24.6 Å². The molecule has 0 spiro atoms. The van der Waals surface area contributed by atoms with Crippen LogP contribution in [0.4, 0.5) is 11.6 Å². The molecule has 0 amide bonds. The van der Waals surface area contributed by atoms with Crippen molar-refractivity contribution in [1.29, 1.82) is 0 Å². The van der Waals surface area contributed by atoms with Gasteiger partial charge in [-0.1, -0.05) is 31.2 Å². The third-order valence-electron chi connectivity index (χ3n) is 7.43. The number of pyridine rings is 1. The normalized spacial score (nSPS) is 14.5. The van der Waals surface area contributed by atoms with Gasteiger partial charge in [-0.15, -0.1) is 0 Å². The van der Waals surface area contributed by atoms with Crippen LogP contribution in [0, 0.1) is 0 Å². The molecule has 5 rings (SSSR count). The van der Waals surface area contributed by atoms with Crippen molar-refractivity contribution >= 4 is 28.6 Å². The lowest BCUT2D eigenvalue weighted by molar-refractivity contribution is 0.0695. The second-order valence-corrected chi connectivity index (χ2v) is 9.85. The SMILES string of the molecule is CCc1ccc(-n2cc(C(=O)O)c(=O)c3cnc(Nc4ccc(C5CCN(CCOC)CC5)cc4)nc32)cc1. The molecule has 1 aliphatic heterocycles. The Labute approximate surface area is 227 Å². The first-order valence-electron chi connectivity index (χ1n) is 13.3. The summed E-state index contributed by atoms with van der Waals surface area (Å²) in [5.41, 5.74) is 3.41. The molecule has 9 heteroatoms. The van der Waals surface area contributed by atoms with Gasteiger partial charge in [0.25, 0.3) is 0 Å². The van der Waals surface area contributed by atoms with Crippen LogP contribution in [0.3, 0.4) is 0 Å². The minimum atomic E-state index is -1.29. The van der Waals surface area contributed by atoms with E-state index in [0.29, 0.717) is 23.2 Å². The van der Waals surface area contributed by atoms with E-state index in [9.17, 15) is 14.7 Å². The molecule has 0 aliphatic carbocycles. The second kappa shape index (κ2) is 11.8. The van der Waals surface area contributed by atoms with Crippen molar-refractivity contribution in [2.75, 3.05) is 38.7 Å². The van der Waals surface area contributed by atoms with E-state index in [1.54, 1.807) is 11.7 Å². The molecule has 4 aromatic rings. The number of aromatic carboxylic acids is 1. The highest BCUT2D eigenvalue weighted by atomic mass is 16.5. The van der Waals surface area contributed by atoms with Gasteiger partial charge in [0.2, 0.25) is 11.4 Å². The first kappa shape index (κ1) is 26.5. The smallest absolute Gasteiger partial charge is 0.341 e. The summed E-state index contributed by atoms with van der Waals surface area (Å²) in [4.78, 5) is 36.1. The predicted molar refractivity (Wildman–Crippen MR) is 151 cm³/mol. The number of carboxylic acids is 1. The van der Waals surface area contributed by atoms with Crippen LogP contribution < -0.4 is 10.7 Å². The number of rotatable bonds is 9. The molecule has 202 valence electrons. The Hall–Kier alpha value is -4.08. The van der Waals surface area contributed by atoms with Crippen LogP contribution in [0.1, 0.15) is 47.2 Å². The summed E-state index contributed by atoms with van der Waals surface area (Å²) in [5.74, 6) is -0.432. The van der Waals surface area contributed by atoms with Crippen LogP contribution in [-0.4, -0.2) is 63.9 Å². The molecule has 0 unspecified atom stereocenters. The summed E-state index contributed by atoms with van der Waals surface area (Å²) >= 11 is 0. The van der Waals surface area contributed by atoms with Crippen LogP contribution >= 0.6 is 0 Å². The van der Waals surface area contributed by atoms with Crippen molar-refractivity contribution in [2.24, 2.45) is 0 Å². The molecule has 39 heavy (non-hydrogen) atoms. The number of ether oxygens (including phenoxy) is 1. The molecule has 0 radical (unpaired) electrons. The maximum Gasteiger partial charge on any atom is 0.341 e. The molecule has 2 aromatic heterocycles. The van der Waals surface area contributed by atoms with Crippen LogP contribution in [-0.2, 0) is 11.2 Å². The average molecular weight is 528 g/mol. The number of aromatic nitrogens is 3. The van der Waals surface area contributed by atoms with Gasteiger partial charge in [-0.3, -0.25) is 4.79 Å². The van der Waals surface area contributed by atoms with E-state index in [4.69, 9.17) is 4.74 Å². The molecule has 1 fully saturated rings. The summed E-state index contributed by atoms with van der Waals surface area (Å²) < 4.78 is 6.83. The van der Waals surface area contributed by atoms with E-state index in [0.717, 1.165) is 56.8 Å². The summed E-state index contributed by atoms with van der Waals surface area (Å²) in [6.07, 6.45) is 5.86. The average Bonchev–Trinajstić information content (AvgIpc) is 2.97. The van der Waals surface area contributed by atoms with E-state index in [2.05, 4.69) is 39.2 Å². The number of fused-ring (bicyclic) bond motifs is 1. The van der Waals surface area contributed by atoms with E-state index in [-0.39, 0.29) is 10.9 Å². The largest absolute Gasteiger partial charge is 0.477 e. The molecule has 1 aliphatic rings. The number of hydrogen-bond donors (Lipinski definition) is 2. The lowest BCUT2D eigenvalue weighted by Gasteiger charge is -2.32. The molecule has 1 saturated heterocycles. The number of benzene rings is 2. The van der Waals surface area contributed by atoms with Gasteiger partial charge in [0.05, 0.1) is 12.0 Å². The number of nitrogens with one attached hydrogen (secondary N) is 1. The Morgan fingerprint density at radius 3 is 2.46 bits per heavy atom. The van der Waals surface area contributed by atoms with Crippen LogP contribution in [0.5, 0.6) is 0 Å². The molecule has 0 bridgehead atoms. The zero-order chi connectivity index (χ0) is 27.4. The summed E-state index contributed by atoms with van der Waals surface area (Å²) in [6, 6.07) is 16.1. The maximum atomic E-state index is 12.9. The van der Waals surface area contributed by atoms with Crippen molar-refractivity contribution in [2.45, 2.75) is 32.1 Å². The fourth-order valence-corrected chi connectivity index (χ4v) is 5.09. The Morgan fingerprint density at radius 1 is 1.10 bits per heavy atom. The van der Waals surface area contributed by atoms with Gasteiger partial charge >= 0.3 is 5.97 Å². The lowest BCUT2D eigenvalue weighted by Crippen LogP contribution is -2.35. The summed E-state index contributed by atoms with van der Waals surface area (Å²) in [5, 5.41) is 13.0. The molecule has 0 saturated carbocycles. The Kier molecular flexibility index (Phi) is 7.99. The Balaban J connectivity index is 1.39. The fraction of sp³-hybridized carbons (Fsp3) is 0.333. The van der Waals surface area contributed by atoms with E-state index in [1.807, 2.05) is 36.4 Å². The molecular formula is C30H33N5O4. The van der Waals surface area contributed by atoms with Gasteiger partial charge in [0, 0.05) is 37.4 Å². The van der Waals surface area contributed by atoms with E-state index in [1.165, 1.54) is 18.0 Å². The van der Waals surface area contributed by atoms with Gasteiger partial charge in [0.15, 0.2) is 5.65 Å². The van der Waals surface area contributed by atoms with Crippen molar-refractivity contribution in [3.05, 3.63) is 87.8 Å². The highest BCUT2D eigenvalue weighted by Gasteiger charge is 2.21. The number of piperidine rings is 1. The Morgan fingerprint density at radius 2 is 1.82 bits per heavy atom. The second-order valence-electron chi connectivity index (χ2n) is 9.85. The zero-order valence-electron chi connectivity index (χ0n) is 22.3. The van der Waals surface area contributed by atoms with Crippen molar-refractivity contribution in [1.82, 2.24) is 19.4 Å². The number of carbonyl (C=O) groups is 1. The Bertz CT molecular complexity index is 1510. The number of likely N-dealkylation sites (tertiary alicyclic amines) is 1. The molecule has 0 atom stereocenters. The standard InChI is InChI=1S/C30H33N5O4/c1-3-20-4-10-24(11-5-20)35-19-26(29(37)38)27(36)25-18-31-30(33-28(25)35)32-23-8-6-21(7-9-23)22-12-14-34(15-13-22)16-17-39-2/h4-11,18-19,22H,3,12-17H2,1-2H3,(H,37,38)(H,31,32,33). The van der Waals surface area contributed by atoms with Gasteiger partial charge in [0.1, 0.15) is 5.56 Å². The number of anilines is 2. The quantitative estimate of drug-likeness (QED) is 0.325. The van der Waals surface area contributed by atoms with Crippen LogP contribution in [0.15, 0.2) is 65.7 Å². The third kappa shape index (κ3) is 5.84. The van der Waals surface area contributed by atoms with E-state index >= 15 is 0 Å². The lowest BCUT2D eigenvalue weighted by atomic mass is 9.89. The minimum Gasteiger partial charge on any atom is -0.477 e. The monoisotopic (exact) mass is 527 g/mol. The van der Waals surface area contributed by atoms with Gasteiger partial charge in [-0.05, 0) is 73.7 Å². The molecular weight excluding hydrogens is 494 g/mol. The van der Waals surface area contributed by atoms with Crippen molar-refractivity contribution < 1.29 is 14.6 Å². The summed E-state index contributed by atoms with van der Waals surface area (Å²) in [6.45, 7) is 5.96. The number of methoxy groups -OCH3 is 1. The number of carboxylic acid groups (broad SMARTS) is 1. The fourth-order valence-electron chi connectivity index (χ4n) is 5.09. The number of aryl methyl sites for hydroxylation is 1. The molecule has 3 heterocycles. The molecule has 2 aromatic carbocycles. The van der Waals surface area contributed by atoms with Crippen LogP contribution in [0.2, 0.25) is 0 Å². The van der Waals surface area contributed by atoms with Crippen molar-refractivity contribution in [3.63, 3.8) is 0 Å². The zero-order valence-corrected chi connectivity index (χ0v) is 22.3. The van der Waals surface area contributed by atoms with Crippen molar-refractivity contribution in [3.8, 4) is 5.69 Å². The maximum absolute atomic E-state index is 12.9. The first-order chi connectivity index (χ1) is 19.0.